The molecule has 5 rings (SSSR count). The second kappa shape index (κ2) is 27.9. The molecule has 434 valence electrons. The molecule has 4 aliphatic heterocycles. The van der Waals surface area contributed by atoms with Gasteiger partial charge in [0, 0.05) is 69.2 Å². The maximum absolute atomic E-state index is 14.3. The molecule has 0 unspecified atom stereocenters. The number of hydrogen-bond acceptors (Lipinski definition) is 28. The number of rotatable bonds is 22. The van der Waals surface area contributed by atoms with E-state index in [9.17, 15) is 57.5 Å². The van der Waals surface area contributed by atoms with E-state index < -0.39 is 189 Å². The highest BCUT2D eigenvalue weighted by atomic mass is 16.8. The van der Waals surface area contributed by atoms with E-state index >= 15 is 0 Å². The van der Waals surface area contributed by atoms with Gasteiger partial charge in [0.25, 0.3) is 11.8 Å². The molecule has 0 spiro atoms. The molecule has 79 heavy (non-hydrogen) atoms. The number of ether oxygens (including phenoxy) is 16. The molecule has 0 aromatic heterocycles. The Morgan fingerprint density at radius 2 is 0.886 bits per heavy atom. The molecular weight excluding hydrogens is 1060 g/mol. The Hall–Kier alpha value is -7.44. The van der Waals surface area contributed by atoms with E-state index in [1.54, 1.807) is 0 Å². The van der Waals surface area contributed by atoms with Gasteiger partial charge in [0.1, 0.15) is 31.0 Å². The van der Waals surface area contributed by atoms with Gasteiger partial charge in [-0.25, -0.2) is 0 Å². The predicted molar refractivity (Wildman–Crippen MR) is 251 cm³/mol. The Kier molecular flexibility index (Phi) is 22.1. The van der Waals surface area contributed by atoms with E-state index in [0.29, 0.717) is 4.90 Å². The summed E-state index contributed by atoms with van der Waals surface area (Å²) in [5.41, 5.74) is -0.213. The Morgan fingerprint density at radius 3 is 1.35 bits per heavy atom. The molecule has 29 nitrogen and oxygen atoms in total. The molecule has 3 fully saturated rings. The lowest BCUT2D eigenvalue weighted by Crippen LogP contribution is -2.68. The standard InChI is InChI=1S/C50H61NO28/c1-12-17-64-49-44(75-29(10)60)42(73-27(8)58)38(70-24(5)55)35(78-49)20-67-50-45(76-30(11)61)43(74-28(9)59)41(72-26(7)57)39(79-50)33(68-22(3)53)19-66-48-36(51-46(62)31-15-13-14-16-32(31)47(51)63)40(71-25(6)56)37(69-23(4)54)34(77-48)18-65-21(2)52/h12-16,33-45,48-50H,1,17-20H2,2-11H3/t33-,34+,35+,36+,37+,38+,39+,40+,41+,42-,43-,44+,45-,48+,49-,50-/m0/s1. The lowest BCUT2D eigenvalue weighted by Gasteiger charge is -2.48. The minimum atomic E-state index is -2.03. The van der Waals surface area contributed by atoms with Gasteiger partial charge in [-0.2, -0.15) is 0 Å². The van der Waals surface area contributed by atoms with Crippen molar-refractivity contribution in [2.75, 3.05) is 26.4 Å². The Balaban J connectivity index is 1.64. The van der Waals surface area contributed by atoms with Crippen LogP contribution in [0, 0.1) is 0 Å². The highest BCUT2D eigenvalue weighted by molar-refractivity contribution is 6.21. The summed E-state index contributed by atoms with van der Waals surface area (Å²) in [6, 6.07) is 3.71. The van der Waals surface area contributed by atoms with Gasteiger partial charge in [-0.05, 0) is 12.1 Å². The Bertz CT molecular complexity index is 2460. The average molecular weight is 1120 g/mol. The minimum Gasteiger partial charge on any atom is -0.463 e. The van der Waals surface area contributed by atoms with Gasteiger partial charge in [-0.3, -0.25) is 62.4 Å². The average Bonchev–Trinajstić information content (AvgIpc) is 3.78. The maximum atomic E-state index is 14.3. The third-order valence-corrected chi connectivity index (χ3v) is 11.6. The normalized spacial score (nSPS) is 29.5. The van der Waals surface area contributed by atoms with Gasteiger partial charge in [-0.15, -0.1) is 6.58 Å². The molecule has 3 saturated heterocycles. The largest absolute Gasteiger partial charge is 0.463 e. The van der Waals surface area contributed by atoms with Crippen LogP contribution in [-0.2, 0) is 124 Å². The summed E-state index contributed by atoms with van der Waals surface area (Å²) >= 11 is 0. The van der Waals surface area contributed by atoms with Crippen molar-refractivity contribution >= 4 is 71.5 Å². The molecule has 1 aromatic rings. The van der Waals surface area contributed by atoms with Crippen LogP contribution in [0.5, 0.6) is 0 Å². The maximum Gasteiger partial charge on any atom is 0.303 e. The van der Waals surface area contributed by atoms with Crippen LogP contribution in [0.1, 0.15) is 90.0 Å². The molecule has 16 atom stereocenters. The van der Waals surface area contributed by atoms with E-state index in [1.165, 1.54) is 30.3 Å². The summed E-state index contributed by atoms with van der Waals surface area (Å²) in [4.78, 5) is 156. The molecule has 4 heterocycles. The number of amides is 2. The van der Waals surface area contributed by atoms with E-state index in [1.807, 2.05) is 0 Å². The number of carbonyl (C=O) groups excluding carboxylic acids is 12. The zero-order chi connectivity index (χ0) is 58.6. The lowest BCUT2D eigenvalue weighted by atomic mass is 9.93. The summed E-state index contributed by atoms with van der Waals surface area (Å²) in [6.07, 6.45) is -25.6. The van der Waals surface area contributed by atoms with Crippen LogP contribution in [-0.4, -0.2) is 201 Å². The molecule has 0 bridgehead atoms. The van der Waals surface area contributed by atoms with Crippen LogP contribution in [0.25, 0.3) is 0 Å². The molecule has 0 radical (unpaired) electrons. The zero-order valence-electron chi connectivity index (χ0n) is 44.5. The summed E-state index contributed by atoms with van der Waals surface area (Å²) < 4.78 is 92.6. The molecule has 0 saturated carbocycles. The quantitative estimate of drug-likeness (QED) is 0.0639. The molecule has 0 aliphatic carbocycles. The monoisotopic (exact) mass is 1120 g/mol. The van der Waals surface area contributed by atoms with Crippen molar-refractivity contribution in [3.63, 3.8) is 0 Å². The van der Waals surface area contributed by atoms with Crippen LogP contribution in [0.15, 0.2) is 36.9 Å². The number of imide groups is 1. The van der Waals surface area contributed by atoms with Crippen molar-refractivity contribution < 1.29 is 133 Å². The van der Waals surface area contributed by atoms with Gasteiger partial charge in [0.2, 0.25) is 0 Å². The first-order valence-corrected chi connectivity index (χ1v) is 24.3. The number of esters is 10. The molecule has 1 aromatic carbocycles. The SMILES string of the molecule is C=CCO[C@H]1O[C@H](CO[C@H]2O[C@H]([C@H](CO[C@@H]3O[C@H](COC(C)=O)[C@@H](OC(C)=O)[C@H](OC(C)=O)[C@H]3N3C(=O)c4ccccc4C3=O)OC(C)=O)[C@@H](OC(C)=O)[C@H](OC(C)=O)[C@@H]2OC(C)=O)[C@@H](OC(C)=O)[C@H](OC(C)=O)[C@H]1OC(C)=O. The number of nitrogens with zero attached hydrogens (tertiary/aromatic N) is 1. The first kappa shape index (κ1) is 62.4. The number of carbonyl (C=O) groups is 12. The van der Waals surface area contributed by atoms with Crippen LogP contribution < -0.4 is 0 Å². The number of fused-ring (bicyclic) bond motifs is 1. The van der Waals surface area contributed by atoms with Crippen LogP contribution >= 0.6 is 0 Å². The number of benzene rings is 1. The second-order valence-electron chi connectivity index (χ2n) is 17.9. The summed E-state index contributed by atoms with van der Waals surface area (Å²) in [7, 11) is 0. The molecular formula is C50H61NO28. The lowest BCUT2D eigenvalue weighted by molar-refractivity contribution is -0.341. The fourth-order valence-corrected chi connectivity index (χ4v) is 9.09. The van der Waals surface area contributed by atoms with E-state index in [4.69, 9.17) is 75.8 Å². The van der Waals surface area contributed by atoms with Crippen LogP contribution in [0.3, 0.4) is 0 Å². The third-order valence-electron chi connectivity index (χ3n) is 11.6. The van der Waals surface area contributed by atoms with Gasteiger partial charge in [0.15, 0.2) is 73.8 Å². The number of hydrogen-bond donors (Lipinski definition) is 0. The van der Waals surface area contributed by atoms with E-state index in [0.717, 1.165) is 69.2 Å². The predicted octanol–water partition coefficient (Wildman–Crippen LogP) is 0.0101. The molecule has 29 heteroatoms. The highest BCUT2D eigenvalue weighted by Crippen LogP contribution is 2.38. The van der Waals surface area contributed by atoms with E-state index in [2.05, 4.69) is 6.58 Å². The van der Waals surface area contributed by atoms with Crippen LogP contribution in [0.4, 0.5) is 0 Å². The van der Waals surface area contributed by atoms with Gasteiger partial charge < -0.3 is 75.8 Å². The Labute approximate surface area is 450 Å². The van der Waals surface area contributed by atoms with Gasteiger partial charge in [0.05, 0.1) is 30.9 Å². The van der Waals surface area contributed by atoms with Crippen LogP contribution in [0.2, 0.25) is 0 Å². The molecule has 0 N–H and O–H groups in total. The minimum absolute atomic E-state index is 0.106. The van der Waals surface area contributed by atoms with Gasteiger partial charge in [-0.1, -0.05) is 18.2 Å². The van der Waals surface area contributed by atoms with Crippen molar-refractivity contribution in [3.05, 3.63) is 48.0 Å². The Morgan fingerprint density at radius 1 is 0.481 bits per heavy atom. The van der Waals surface area contributed by atoms with Crippen molar-refractivity contribution in [2.24, 2.45) is 0 Å². The summed E-state index contributed by atoms with van der Waals surface area (Å²) in [5, 5.41) is 0. The summed E-state index contributed by atoms with van der Waals surface area (Å²) in [6.45, 7) is 10.6. The third kappa shape index (κ3) is 16.3. The first-order valence-electron chi connectivity index (χ1n) is 24.3. The van der Waals surface area contributed by atoms with E-state index in [-0.39, 0.29) is 17.7 Å². The van der Waals surface area contributed by atoms with Gasteiger partial charge >= 0.3 is 59.7 Å². The molecule has 2 amide bonds. The zero-order valence-corrected chi connectivity index (χ0v) is 44.5. The summed E-state index contributed by atoms with van der Waals surface area (Å²) in [5.74, 6) is -11.8. The van der Waals surface area contributed by atoms with Crippen molar-refractivity contribution in [1.29, 1.82) is 0 Å². The van der Waals surface area contributed by atoms with Crippen molar-refractivity contribution in [2.45, 2.75) is 167 Å². The highest BCUT2D eigenvalue weighted by Gasteiger charge is 2.60. The van der Waals surface area contributed by atoms with Crippen molar-refractivity contribution in [1.82, 2.24) is 4.90 Å². The first-order chi connectivity index (χ1) is 37.2. The molecule has 4 aliphatic rings. The topological polar surface area (TPSA) is 356 Å². The smallest absolute Gasteiger partial charge is 0.303 e. The second-order valence-corrected chi connectivity index (χ2v) is 17.9. The van der Waals surface area contributed by atoms with Crippen molar-refractivity contribution in [3.8, 4) is 0 Å². The fraction of sp³-hybridized carbons (Fsp3) is 0.600. The fourth-order valence-electron chi connectivity index (χ4n) is 9.09.